The Bertz CT molecular complexity index is 501. The topological polar surface area (TPSA) is 58.1 Å². The number of carbonyl (C=O) groups is 1. The van der Waals surface area contributed by atoms with Crippen LogP contribution < -0.4 is 10.2 Å². The number of carbonyl (C=O) groups excluding carboxylic acids is 1. The number of anilines is 1. The fraction of sp³-hybridized carbons (Fsp3) is 0.688. The van der Waals surface area contributed by atoms with Gasteiger partial charge in [0.05, 0.1) is 0 Å². The second kappa shape index (κ2) is 6.87. The molecular formula is C16H26N4O. The maximum atomic E-state index is 12.2. The van der Waals surface area contributed by atoms with E-state index in [1.807, 2.05) is 13.0 Å². The highest BCUT2D eigenvalue weighted by Gasteiger charge is 2.19. The molecule has 1 fully saturated rings. The highest BCUT2D eigenvalue weighted by molar-refractivity contribution is 5.92. The van der Waals surface area contributed by atoms with Crippen molar-refractivity contribution in [2.45, 2.75) is 40.5 Å². The summed E-state index contributed by atoms with van der Waals surface area (Å²) >= 11 is 0. The van der Waals surface area contributed by atoms with Crippen molar-refractivity contribution in [3.63, 3.8) is 0 Å². The molecule has 116 valence electrons. The van der Waals surface area contributed by atoms with Gasteiger partial charge in [0, 0.05) is 25.7 Å². The van der Waals surface area contributed by atoms with E-state index in [0.29, 0.717) is 29.9 Å². The van der Waals surface area contributed by atoms with Crippen molar-refractivity contribution in [3.05, 3.63) is 17.6 Å². The Hall–Kier alpha value is -1.65. The maximum absolute atomic E-state index is 12.2. The van der Waals surface area contributed by atoms with Gasteiger partial charge in [0.15, 0.2) is 0 Å². The van der Waals surface area contributed by atoms with Crippen LogP contribution in [0.3, 0.4) is 0 Å². The molecule has 0 saturated carbocycles. The predicted octanol–water partition coefficient (Wildman–Crippen LogP) is 2.41. The number of hydrogen-bond acceptors (Lipinski definition) is 4. The third-order valence-corrected chi connectivity index (χ3v) is 3.71. The molecule has 1 saturated heterocycles. The minimum Gasteiger partial charge on any atom is -0.356 e. The van der Waals surface area contributed by atoms with Crippen LogP contribution in [0.5, 0.6) is 0 Å². The van der Waals surface area contributed by atoms with E-state index in [-0.39, 0.29) is 5.91 Å². The van der Waals surface area contributed by atoms with Crippen LogP contribution in [0.25, 0.3) is 0 Å². The highest BCUT2D eigenvalue weighted by atomic mass is 16.1. The smallest absolute Gasteiger partial charge is 0.270 e. The molecule has 2 heterocycles. The van der Waals surface area contributed by atoms with Crippen molar-refractivity contribution in [1.29, 1.82) is 0 Å². The molecule has 5 nitrogen and oxygen atoms in total. The summed E-state index contributed by atoms with van der Waals surface area (Å²) < 4.78 is 0. The molecule has 0 radical (unpaired) electrons. The van der Waals surface area contributed by atoms with Gasteiger partial charge in [0.2, 0.25) is 0 Å². The van der Waals surface area contributed by atoms with Gasteiger partial charge in [-0.3, -0.25) is 4.79 Å². The Balaban J connectivity index is 2.14. The monoisotopic (exact) mass is 290 g/mol. The molecule has 1 atom stereocenters. The number of nitrogens with one attached hydrogen (secondary N) is 1. The fourth-order valence-corrected chi connectivity index (χ4v) is 2.62. The van der Waals surface area contributed by atoms with Crippen LogP contribution in [0.4, 0.5) is 5.82 Å². The molecule has 1 N–H and O–H groups in total. The van der Waals surface area contributed by atoms with Crippen LogP contribution in [0.1, 0.15) is 49.9 Å². The van der Waals surface area contributed by atoms with Crippen LogP contribution in [0.2, 0.25) is 0 Å². The summed E-state index contributed by atoms with van der Waals surface area (Å²) in [6, 6.07) is 1.82. The van der Waals surface area contributed by atoms with Gasteiger partial charge in [0.25, 0.3) is 5.91 Å². The number of rotatable bonds is 4. The number of aryl methyl sites for hydroxylation is 1. The molecule has 1 aliphatic rings. The van der Waals surface area contributed by atoms with Gasteiger partial charge in [-0.1, -0.05) is 20.8 Å². The van der Waals surface area contributed by atoms with Gasteiger partial charge in [-0.2, -0.15) is 0 Å². The van der Waals surface area contributed by atoms with Crippen LogP contribution in [-0.4, -0.2) is 35.5 Å². The Morgan fingerprint density at radius 2 is 2.24 bits per heavy atom. The van der Waals surface area contributed by atoms with Gasteiger partial charge < -0.3 is 10.2 Å². The molecule has 1 amide bonds. The minimum absolute atomic E-state index is 0.111. The van der Waals surface area contributed by atoms with Crippen molar-refractivity contribution in [2.24, 2.45) is 11.8 Å². The molecule has 2 rings (SSSR count). The Labute approximate surface area is 127 Å². The molecule has 0 aliphatic carbocycles. The van der Waals surface area contributed by atoms with Crippen molar-refractivity contribution in [2.75, 3.05) is 24.5 Å². The van der Waals surface area contributed by atoms with Gasteiger partial charge in [-0.15, -0.1) is 0 Å². The molecule has 21 heavy (non-hydrogen) atoms. The van der Waals surface area contributed by atoms with E-state index in [0.717, 1.165) is 18.9 Å². The maximum Gasteiger partial charge on any atom is 0.270 e. The average molecular weight is 290 g/mol. The van der Waals surface area contributed by atoms with E-state index >= 15 is 0 Å². The van der Waals surface area contributed by atoms with Gasteiger partial charge in [0.1, 0.15) is 17.3 Å². The first-order valence-corrected chi connectivity index (χ1v) is 7.84. The molecule has 5 heteroatoms. The zero-order valence-electron chi connectivity index (χ0n) is 13.5. The lowest BCUT2D eigenvalue weighted by atomic mass is 10.0. The van der Waals surface area contributed by atoms with Crippen molar-refractivity contribution in [3.8, 4) is 0 Å². The van der Waals surface area contributed by atoms with E-state index in [9.17, 15) is 4.79 Å². The Kier molecular flexibility index (Phi) is 5.15. The number of hydrogen-bond donors (Lipinski definition) is 1. The SMILES string of the molecule is Cc1nc(C(=O)NCC(C)C)cc(N2CCCC(C)C2)n1. The largest absolute Gasteiger partial charge is 0.356 e. The lowest BCUT2D eigenvalue weighted by Gasteiger charge is -2.32. The predicted molar refractivity (Wildman–Crippen MR) is 84.6 cm³/mol. The molecule has 1 aliphatic heterocycles. The second-order valence-electron chi connectivity index (χ2n) is 6.46. The molecule has 0 bridgehead atoms. The zero-order valence-corrected chi connectivity index (χ0v) is 13.5. The number of amides is 1. The molecule has 0 aromatic carbocycles. The number of nitrogens with zero attached hydrogens (tertiary/aromatic N) is 3. The Morgan fingerprint density at radius 1 is 1.48 bits per heavy atom. The van der Waals surface area contributed by atoms with Crippen LogP contribution >= 0.6 is 0 Å². The lowest BCUT2D eigenvalue weighted by Crippen LogP contribution is -2.35. The van der Waals surface area contributed by atoms with E-state index in [1.165, 1.54) is 12.8 Å². The molecule has 1 unspecified atom stereocenters. The summed E-state index contributed by atoms with van der Waals surface area (Å²) in [5.74, 6) is 2.52. The van der Waals surface area contributed by atoms with E-state index in [2.05, 4.69) is 41.0 Å². The fourth-order valence-electron chi connectivity index (χ4n) is 2.62. The quantitative estimate of drug-likeness (QED) is 0.925. The highest BCUT2D eigenvalue weighted by Crippen LogP contribution is 2.21. The summed E-state index contributed by atoms with van der Waals surface area (Å²) in [4.78, 5) is 23.2. The van der Waals surface area contributed by atoms with Crippen LogP contribution in [0, 0.1) is 18.8 Å². The number of aromatic nitrogens is 2. The van der Waals surface area contributed by atoms with Gasteiger partial charge in [-0.25, -0.2) is 9.97 Å². The third-order valence-electron chi connectivity index (χ3n) is 3.71. The Morgan fingerprint density at radius 3 is 2.90 bits per heavy atom. The molecule has 1 aromatic rings. The van der Waals surface area contributed by atoms with Crippen molar-refractivity contribution < 1.29 is 4.79 Å². The van der Waals surface area contributed by atoms with E-state index in [4.69, 9.17) is 0 Å². The summed E-state index contributed by atoms with van der Waals surface area (Å²) in [7, 11) is 0. The normalized spacial score (nSPS) is 18.9. The van der Waals surface area contributed by atoms with Crippen LogP contribution in [-0.2, 0) is 0 Å². The van der Waals surface area contributed by atoms with Crippen molar-refractivity contribution in [1.82, 2.24) is 15.3 Å². The second-order valence-corrected chi connectivity index (χ2v) is 6.46. The molecule has 0 spiro atoms. The lowest BCUT2D eigenvalue weighted by molar-refractivity contribution is 0.0943. The van der Waals surface area contributed by atoms with Gasteiger partial charge >= 0.3 is 0 Å². The van der Waals surface area contributed by atoms with E-state index < -0.39 is 0 Å². The zero-order chi connectivity index (χ0) is 15.4. The molecule has 1 aromatic heterocycles. The minimum atomic E-state index is -0.111. The summed E-state index contributed by atoms with van der Waals surface area (Å²) in [5, 5.41) is 2.92. The standard InChI is InChI=1S/C16H26N4O/c1-11(2)9-17-16(21)14-8-15(19-13(4)18-14)20-7-5-6-12(3)10-20/h8,11-12H,5-7,9-10H2,1-4H3,(H,17,21). The first-order chi connectivity index (χ1) is 9.95. The average Bonchev–Trinajstić information content (AvgIpc) is 2.44. The summed E-state index contributed by atoms with van der Waals surface area (Å²) in [6.07, 6.45) is 2.45. The first-order valence-electron chi connectivity index (χ1n) is 7.84. The van der Waals surface area contributed by atoms with Crippen molar-refractivity contribution >= 4 is 11.7 Å². The van der Waals surface area contributed by atoms with E-state index in [1.54, 1.807) is 0 Å². The first kappa shape index (κ1) is 15.7. The van der Waals surface area contributed by atoms with Gasteiger partial charge in [-0.05, 0) is 31.6 Å². The molecular weight excluding hydrogens is 264 g/mol. The summed E-state index contributed by atoms with van der Waals surface area (Å²) in [5.41, 5.74) is 0.469. The van der Waals surface area contributed by atoms with Crippen LogP contribution in [0.15, 0.2) is 6.07 Å². The summed E-state index contributed by atoms with van der Waals surface area (Å²) in [6.45, 7) is 10.9. The third kappa shape index (κ3) is 4.41. The number of piperidine rings is 1.